The van der Waals surface area contributed by atoms with Crippen LogP contribution in [0, 0.1) is 0 Å². The molecule has 0 aliphatic rings. The minimum atomic E-state index is -0.0181. The summed E-state index contributed by atoms with van der Waals surface area (Å²) in [5.41, 5.74) is 1.44. The number of carbonyl (C=O) groups is 1. The van der Waals surface area contributed by atoms with Crippen molar-refractivity contribution in [1.29, 1.82) is 0 Å². The number of hydrogen-bond donors (Lipinski definition) is 0. The number of nitrogens with zero attached hydrogens (tertiary/aromatic N) is 3. The Morgan fingerprint density at radius 1 is 1.10 bits per heavy atom. The fraction of sp³-hybridized carbons (Fsp3) is 0.0952. The average Bonchev–Trinajstić information content (AvgIpc) is 3.42. The van der Waals surface area contributed by atoms with E-state index in [-0.39, 0.29) is 11.5 Å². The highest BCUT2D eigenvalue weighted by molar-refractivity contribution is 7.99. The molecular weight excluding hydrogens is 410 g/mol. The quantitative estimate of drug-likeness (QED) is 0.300. The molecule has 0 aliphatic heterocycles. The van der Waals surface area contributed by atoms with Crippen LogP contribution in [0.1, 0.15) is 10.4 Å². The molecule has 0 unspecified atom stereocenters. The van der Waals surface area contributed by atoms with Crippen molar-refractivity contribution in [3.05, 3.63) is 77.5 Å². The molecule has 4 rings (SSSR count). The Bertz CT molecular complexity index is 1110. The van der Waals surface area contributed by atoms with Crippen LogP contribution in [0.15, 0.2) is 76.5 Å². The summed E-state index contributed by atoms with van der Waals surface area (Å²) in [6.07, 6.45) is 1.58. The van der Waals surface area contributed by atoms with E-state index in [1.54, 1.807) is 43.7 Å². The molecule has 2 aromatic heterocycles. The number of rotatable bonds is 7. The van der Waals surface area contributed by atoms with Crippen LogP contribution in [0.3, 0.4) is 0 Å². The summed E-state index contributed by atoms with van der Waals surface area (Å²) in [4.78, 5) is 12.5. The number of thioether (sulfide) groups is 1. The summed E-state index contributed by atoms with van der Waals surface area (Å²) in [7, 11) is 1.62. The van der Waals surface area contributed by atoms with Gasteiger partial charge in [0.2, 0.25) is 5.82 Å². The lowest BCUT2D eigenvalue weighted by Crippen LogP contribution is -2.05. The van der Waals surface area contributed by atoms with Gasteiger partial charge in [0.15, 0.2) is 16.7 Å². The van der Waals surface area contributed by atoms with Gasteiger partial charge < -0.3 is 9.15 Å². The molecule has 4 aromatic rings. The van der Waals surface area contributed by atoms with E-state index in [1.165, 1.54) is 11.8 Å². The van der Waals surface area contributed by atoms with Crippen molar-refractivity contribution < 1.29 is 13.9 Å². The minimum Gasteiger partial charge on any atom is -0.497 e. The van der Waals surface area contributed by atoms with E-state index in [0.717, 1.165) is 11.4 Å². The zero-order chi connectivity index (χ0) is 20.2. The molecule has 0 bridgehead atoms. The lowest BCUT2D eigenvalue weighted by Gasteiger charge is -2.10. The molecule has 0 saturated carbocycles. The van der Waals surface area contributed by atoms with Gasteiger partial charge in [-0.3, -0.25) is 9.36 Å². The van der Waals surface area contributed by atoms with Gasteiger partial charge in [-0.15, -0.1) is 10.2 Å². The monoisotopic (exact) mass is 425 g/mol. The van der Waals surface area contributed by atoms with Crippen LogP contribution in [-0.4, -0.2) is 33.4 Å². The first-order chi connectivity index (χ1) is 14.2. The molecule has 0 fully saturated rings. The number of Topliss-reactive ketones (excluding diaryl/α,β-unsaturated/α-hetero) is 1. The van der Waals surface area contributed by atoms with Gasteiger partial charge >= 0.3 is 0 Å². The Balaban J connectivity index is 1.64. The van der Waals surface area contributed by atoms with Crippen LogP contribution in [0.4, 0.5) is 0 Å². The Morgan fingerprint density at radius 2 is 1.86 bits per heavy atom. The topological polar surface area (TPSA) is 70.2 Å². The van der Waals surface area contributed by atoms with Crippen molar-refractivity contribution in [2.75, 3.05) is 12.9 Å². The lowest BCUT2D eigenvalue weighted by atomic mass is 10.1. The molecule has 6 nitrogen and oxygen atoms in total. The summed E-state index contributed by atoms with van der Waals surface area (Å²) in [6, 6.07) is 18.0. The number of halogens is 1. The second kappa shape index (κ2) is 8.55. The Labute approximate surface area is 176 Å². The molecule has 29 heavy (non-hydrogen) atoms. The zero-order valence-electron chi connectivity index (χ0n) is 15.4. The smallest absolute Gasteiger partial charge is 0.205 e. The van der Waals surface area contributed by atoms with Crippen LogP contribution >= 0.6 is 23.4 Å². The molecule has 0 saturated heterocycles. The maximum Gasteiger partial charge on any atom is 0.205 e. The van der Waals surface area contributed by atoms with Crippen LogP contribution < -0.4 is 4.74 Å². The van der Waals surface area contributed by atoms with Crippen molar-refractivity contribution >= 4 is 29.1 Å². The van der Waals surface area contributed by atoms with E-state index >= 15 is 0 Å². The van der Waals surface area contributed by atoms with Gasteiger partial charge in [-0.1, -0.05) is 23.4 Å². The third kappa shape index (κ3) is 4.21. The van der Waals surface area contributed by atoms with Gasteiger partial charge in [0.25, 0.3) is 0 Å². The van der Waals surface area contributed by atoms with Gasteiger partial charge in [0, 0.05) is 10.6 Å². The molecule has 0 atom stereocenters. The molecule has 2 heterocycles. The molecule has 146 valence electrons. The lowest BCUT2D eigenvalue weighted by molar-refractivity contribution is 0.102. The van der Waals surface area contributed by atoms with Gasteiger partial charge in [-0.05, 0) is 60.7 Å². The SMILES string of the molecule is COc1ccc(-n2c(SCC(=O)c3ccc(Cl)cc3)nnc2-c2ccco2)cc1. The highest BCUT2D eigenvalue weighted by Crippen LogP contribution is 2.29. The van der Waals surface area contributed by atoms with Crippen LogP contribution in [0.25, 0.3) is 17.3 Å². The number of carbonyl (C=O) groups excluding carboxylic acids is 1. The van der Waals surface area contributed by atoms with Gasteiger partial charge in [0.05, 0.1) is 24.8 Å². The number of benzene rings is 2. The highest BCUT2D eigenvalue weighted by atomic mass is 35.5. The summed E-state index contributed by atoms with van der Waals surface area (Å²) in [5, 5.41) is 9.74. The van der Waals surface area contributed by atoms with E-state index in [2.05, 4.69) is 10.2 Å². The predicted octanol–water partition coefficient (Wildman–Crippen LogP) is 5.16. The van der Waals surface area contributed by atoms with Gasteiger partial charge in [-0.2, -0.15) is 0 Å². The van der Waals surface area contributed by atoms with Crippen molar-refractivity contribution in [1.82, 2.24) is 14.8 Å². The standard InChI is InChI=1S/C21H16ClN3O3S/c1-27-17-10-8-16(9-11-17)25-20(19-3-2-12-28-19)23-24-21(25)29-13-18(26)14-4-6-15(22)7-5-14/h2-12H,13H2,1H3. The molecule has 0 aliphatic carbocycles. The molecule has 2 aromatic carbocycles. The van der Waals surface area contributed by atoms with Crippen molar-refractivity contribution in [3.63, 3.8) is 0 Å². The number of aromatic nitrogens is 3. The number of hydrogen-bond acceptors (Lipinski definition) is 6. The van der Waals surface area contributed by atoms with E-state index in [1.807, 2.05) is 34.9 Å². The van der Waals surface area contributed by atoms with E-state index in [9.17, 15) is 4.79 Å². The number of ketones is 1. The Kier molecular flexibility index (Phi) is 5.69. The second-order valence-corrected chi connectivity index (χ2v) is 7.41. The maximum atomic E-state index is 12.5. The van der Waals surface area contributed by atoms with Crippen molar-refractivity contribution in [2.45, 2.75) is 5.16 Å². The minimum absolute atomic E-state index is 0.0181. The predicted molar refractivity (Wildman–Crippen MR) is 112 cm³/mol. The van der Waals surface area contributed by atoms with Crippen molar-refractivity contribution in [2.24, 2.45) is 0 Å². The zero-order valence-corrected chi connectivity index (χ0v) is 17.0. The molecular formula is C21H16ClN3O3S. The first-order valence-electron chi connectivity index (χ1n) is 8.71. The third-order valence-electron chi connectivity index (χ3n) is 4.20. The first-order valence-corrected chi connectivity index (χ1v) is 10.1. The summed E-state index contributed by atoms with van der Waals surface area (Å²) in [6.45, 7) is 0. The van der Waals surface area contributed by atoms with E-state index < -0.39 is 0 Å². The fourth-order valence-corrected chi connectivity index (χ4v) is 3.71. The Morgan fingerprint density at radius 3 is 2.52 bits per heavy atom. The molecule has 0 spiro atoms. The maximum absolute atomic E-state index is 12.5. The van der Waals surface area contributed by atoms with E-state index in [4.69, 9.17) is 20.8 Å². The number of ether oxygens (including phenoxy) is 1. The number of methoxy groups -OCH3 is 1. The molecule has 0 N–H and O–H groups in total. The largest absolute Gasteiger partial charge is 0.497 e. The molecule has 8 heteroatoms. The van der Waals surface area contributed by atoms with Gasteiger partial charge in [0.1, 0.15) is 5.75 Å². The Hall–Kier alpha value is -3.03. The third-order valence-corrected chi connectivity index (χ3v) is 5.39. The van der Waals surface area contributed by atoms with Crippen LogP contribution in [0.2, 0.25) is 5.02 Å². The highest BCUT2D eigenvalue weighted by Gasteiger charge is 2.19. The summed E-state index contributed by atoms with van der Waals surface area (Å²) < 4.78 is 12.6. The molecule has 0 radical (unpaired) electrons. The fourth-order valence-electron chi connectivity index (χ4n) is 2.74. The second-order valence-electron chi connectivity index (χ2n) is 6.04. The van der Waals surface area contributed by atoms with E-state index in [0.29, 0.717) is 27.3 Å². The number of furan rings is 1. The van der Waals surface area contributed by atoms with Crippen LogP contribution in [0.5, 0.6) is 5.75 Å². The van der Waals surface area contributed by atoms with Gasteiger partial charge in [-0.25, -0.2) is 0 Å². The summed E-state index contributed by atoms with van der Waals surface area (Å²) in [5.74, 6) is 2.09. The normalized spacial score (nSPS) is 10.8. The first kappa shape index (κ1) is 19.3. The van der Waals surface area contributed by atoms with Crippen LogP contribution in [-0.2, 0) is 0 Å². The molecule has 0 amide bonds. The van der Waals surface area contributed by atoms with Crippen molar-refractivity contribution in [3.8, 4) is 23.0 Å². The summed E-state index contributed by atoms with van der Waals surface area (Å²) >= 11 is 7.21. The average molecular weight is 426 g/mol.